The molecule has 4 rings (SSSR count). The number of hydrogen-bond acceptors (Lipinski definition) is 5. The second-order valence-electron chi connectivity index (χ2n) is 12.6. The summed E-state index contributed by atoms with van der Waals surface area (Å²) in [6, 6.07) is 5.82. The Morgan fingerprint density at radius 3 is 2.42 bits per heavy atom. The summed E-state index contributed by atoms with van der Waals surface area (Å²) in [5.74, 6) is -4.54. The second-order valence-corrected chi connectivity index (χ2v) is 12.6. The van der Waals surface area contributed by atoms with Crippen molar-refractivity contribution >= 4 is 29.3 Å². The number of rotatable bonds is 7. The number of hydrogen-bond donors (Lipinski definition) is 3. The van der Waals surface area contributed by atoms with Crippen LogP contribution in [-0.2, 0) is 19.2 Å². The van der Waals surface area contributed by atoms with Crippen molar-refractivity contribution < 1.29 is 32.3 Å². The van der Waals surface area contributed by atoms with E-state index in [1.807, 2.05) is 31.3 Å². The van der Waals surface area contributed by atoms with Crippen LogP contribution in [0.4, 0.5) is 18.9 Å². The highest BCUT2D eigenvalue weighted by Crippen LogP contribution is 2.65. The van der Waals surface area contributed by atoms with Crippen LogP contribution in [0.15, 0.2) is 24.3 Å². The van der Waals surface area contributed by atoms with E-state index in [0.717, 1.165) is 5.56 Å². The van der Waals surface area contributed by atoms with Crippen LogP contribution in [-0.4, -0.2) is 59.4 Å². The third-order valence-electron chi connectivity index (χ3n) is 8.53. The highest BCUT2D eigenvalue weighted by atomic mass is 19.4. The Bertz CT molecular complexity index is 1270. The summed E-state index contributed by atoms with van der Waals surface area (Å²) in [5.41, 5.74) is 0.177. The fraction of sp³-hybridized carbons (Fsp3) is 0.607. The van der Waals surface area contributed by atoms with Crippen LogP contribution in [0, 0.1) is 34.0 Å². The predicted molar refractivity (Wildman–Crippen MR) is 138 cm³/mol. The molecule has 9 nitrogen and oxygen atoms in total. The monoisotopic (exact) mass is 561 g/mol. The van der Waals surface area contributed by atoms with Gasteiger partial charge in [0.2, 0.25) is 17.7 Å². The van der Waals surface area contributed by atoms with Gasteiger partial charge in [-0.1, -0.05) is 52.8 Å². The van der Waals surface area contributed by atoms with E-state index in [9.17, 15) is 37.6 Å². The first kappa shape index (κ1) is 29.4. The number of nitrogens with zero attached hydrogens (tertiary/aromatic N) is 2. The lowest BCUT2D eigenvalue weighted by Crippen LogP contribution is -2.61. The van der Waals surface area contributed by atoms with Gasteiger partial charge in [0.15, 0.2) is 0 Å². The lowest BCUT2D eigenvalue weighted by atomic mass is 9.85. The number of benzene rings is 1. The second kappa shape index (κ2) is 10.1. The quantitative estimate of drug-likeness (QED) is 0.471. The minimum Gasteiger partial charge on any atom is -0.339 e. The Hall–Kier alpha value is -3.62. The molecule has 12 heteroatoms. The van der Waals surface area contributed by atoms with Crippen molar-refractivity contribution in [1.29, 1.82) is 5.26 Å². The third kappa shape index (κ3) is 5.38. The van der Waals surface area contributed by atoms with E-state index in [1.165, 1.54) is 25.7 Å². The number of para-hydroxylation sites is 1. The van der Waals surface area contributed by atoms with Gasteiger partial charge < -0.3 is 20.9 Å². The molecule has 216 valence electrons. The topological polar surface area (TPSA) is 131 Å². The fourth-order valence-electron chi connectivity index (χ4n) is 6.16. The molecule has 6 atom stereocenters. The molecule has 2 fully saturated rings. The predicted octanol–water partition coefficient (Wildman–Crippen LogP) is 3.09. The molecule has 1 saturated heterocycles. The summed E-state index contributed by atoms with van der Waals surface area (Å²) in [6.45, 7) is 8.66. The van der Waals surface area contributed by atoms with E-state index >= 15 is 0 Å². The number of carbonyl (C=O) groups is 4. The van der Waals surface area contributed by atoms with Gasteiger partial charge in [-0.3, -0.25) is 19.2 Å². The van der Waals surface area contributed by atoms with Crippen molar-refractivity contribution in [3.8, 4) is 6.07 Å². The number of carbonyl (C=O) groups excluding carboxylic acids is 4. The molecule has 3 N–H and O–H groups in total. The van der Waals surface area contributed by atoms with Gasteiger partial charge in [-0.2, -0.15) is 18.4 Å². The molecule has 3 aliphatic rings. The highest BCUT2D eigenvalue weighted by Gasteiger charge is 2.70. The van der Waals surface area contributed by atoms with Crippen LogP contribution in [0.1, 0.15) is 58.9 Å². The van der Waals surface area contributed by atoms with Crippen LogP contribution in [0.5, 0.6) is 0 Å². The number of piperidine rings is 1. The Balaban J connectivity index is 1.49. The van der Waals surface area contributed by atoms with Gasteiger partial charge >= 0.3 is 12.1 Å². The lowest BCUT2D eigenvalue weighted by Gasteiger charge is -2.37. The minimum atomic E-state index is -5.17. The van der Waals surface area contributed by atoms with Crippen LogP contribution in [0.25, 0.3) is 0 Å². The average Bonchev–Trinajstić information content (AvgIpc) is 3.17. The SMILES string of the molecule is CC(C)(C)[C@H](NC(=O)C(F)(F)F)C(=O)N1C[C@H]2[C@@H]([C@H]1C(=O)NC(C#N)CCC1C(=O)Nc3ccccc31)C2(C)C. The number of nitrogens with one attached hydrogen (secondary N) is 3. The first-order valence-electron chi connectivity index (χ1n) is 13.3. The summed E-state index contributed by atoms with van der Waals surface area (Å²) >= 11 is 0. The van der Waals surface area contributed by atoms with Gasteiger partial charge in [0.05, 0.1) is 12.0 Å². The van der Waals surface area contributed by atoms with E-state index in [1.54, 1.807) is 12.1 Å². The van der Waals surface area contributed by atoms with E-state index in [4.69, 9.17) is 0 Å². The summed E-state index contributed by atoms with van der Waals surface area (Å²) in [4.78, 5) is 52.6. The summed E-state index contributed by atoms with van der Waals surface area (Å²) < 4.78 is 39.1. The summed E-state index contributed by atoms with van der Waals surface area (Å²) in [7, 11) is 0. The lowest BCUT2D eigenvalue weighted by molar-refractivity contribution is -0.176. The number of likely N-dealkylation sites (tertiary alicyclic amines) is 1. The number of halogens is 3. The maximum absolute atomic E-state index is 13.6. The van der Waals surface area contributed by atoms with Crippen molar-refractivity contribution in [2.75, 3.05) is 11.9 Å². The van der Waals surface area contributed by atoms with Gasteiger partial charge in [0.1, 0.15) is 18.1 Å². The maximum Gasteiger partial charge on any atom is 0.471 e. The zero-order valence-electron chi connectivity index (χ0n) is 23.1. The fourth-order valence-corrected chi connectivity index (χ4v) is 6.16. The normalized spacial score (nSPS) is 26.1. The van der Waals surface area contributed by atoms with Crippen molar-refractivity contribution in [2.24, 2.45) is 22.7 Å². The Morgan fingerprint density at radius 2 is 1.82 bits per heavy atom. The Labute approximate surface area is 230 Å². The number of nitriles is 1. The van der Waals surface area contributed by atoms with Crippen LogP contribution < -0.4 is 16.0 Å². The molecule has 2 heterocycles. The smallest absolute Gasteiger partial charge is 0.339 e. The Kier molecular flexibility index (Phi) is 7.41. The molecule has 2 aliphatic heterocycles. The van der Waals surface area contributed by atoms with Crippen LogP contribution in [0.3, 0.4) is 0 Å². The Morgan fingerprint density at radius 1 is 1.18 bits per heavy atom. The zero-order valence-corrected chi connectivity index (χ0v) is 23.1. The number of alkyl halides is 3. The van der Waals surface area contributed by atoms with Crippen molar-refractivity contribution in [3.63, 3.8) is 0 Å². The van der Waals surface area contributed by atoms with Gasteiger partial charge in [-0.05, 0) is 47.1 Å². The molecule has 2 unspecified atom stereocenters. The number of fused-ring (bicyclic) bond motifs is 2. The summed E-state index contributed by atoms with van der Waals surface area (Å²) in [6.07, 6.45) is -4.69. The van der Waals surface area contributed by atoms with E-state index in [2.05, 4.69) is 16.7 Å². The molecule has 0 spiro atoms. The molecule has 0 radical (unpaired) electrons. The molecule has 1 aliphatic carbocycles. The third-order valence-corrected chi connectivity index (χ3v) is 8.53. The van der Waals surface area contributed by atoms with Gasteiger partial charge in [0.25, 0.3) is 0 Å². The minimum absolute atomic E-state index is 0.0506. The summed E-state index contributed by atoms with van der Waals surface area (Å²) in [5, 5.41) is 17.1. The first-order valence-corrected chi connectivity index (χ1v) is 13.3. The molecular formula is C28H34F3N5O4. The van der Waals surface area contributed by atoms with Crippen molar-refractivity contribution in [1.82, 2.24) is 15.5 Å². The molecule has 0 bridgehead atoms. The van der Waals surface area contributed by atoms with E-state index in [-0.39, 0.29) is 36.1 Å². The van der Waals surface area contributed by atoms with Crippen molar-refractivity contribution in [2.45, 2.75) is 77.7 Å². The van der Waals surface area contributed by atoms with Gasteiger partial charge in [-0.15, -0.1) is 0 Å². The van der Waals surface area contributed by atoms with E-state index < -0.39 is 53.4 Å². The zero-order chi connectivity index (χ0) is 29.8. The molecule has 1 aromatic rings. The maximum atomic E-state index is 13.6. The molecule has 4 amide bonds. The number of amides is 4. The van der Waals surface area contributed by atoms with E-state index in [0.29, 0.717) is 12.1 Å². The first-order chi connectivity index (χ1) is 18.5. The van der Waals surface area contributed by atoms with Gasteiger partial charge in [0, 0.05) is 12.2 Å². The van der Waals surface area contributed by atoms with Gasteiger partial charge in [-0.25, -0.2) is 0 Å². The van der Waals surface area contributed by atoms with Crippen LogP contribution in [0.2, 0.25) is 0 Å². The highest BCUT2D eigenvalue weighted by molar-refractivity contribution is 6.02. The number of anilines is 1. The molecule has 1 aromatic carbocycles. The van der Waals surface area contributed by atoms with Crippen molar-refractivity contribution in [3.05, 3.63) is 29.8 Å². The average molecular weight is 562 g/mol. The largest absolute Gasteiger partial charge is 0.471 e. The molecule has 0 aromatic heterocycles. The standard InChI is InChI=1S/C28H34F3N5O4/c1-26(2,3)21(35-25(40)28(29,30)31)24(39)36-13-17-19(27(17,4)5)20(36)23(38)33-14(12-32)10-11-16-15-8-6-7-9-18(15)34-22(16)37/h6-9,14,16-17,19-21H,10-11,13H2,1-5H3,(H,33,38)(H,34,37)(H,35,40)/t14?,16?,17-,19-,20-,21+/m0/s1. The molecule has 1 saturated carbocycles. The van der Waals surface area contributed by atoms with Crippen LogP contribution >= 0.6 is 0 Å². The molecular weight excluding hydrogens is 527 g/mol. The molecule has 40 heavy (non-hydrogen) atoms.